The molecule has 0 atom stereocenters. The average molecular weight is 341 g/mol. The molecule has 0 unspecified atom stereocenters. The Morgan fingerprint density at radius 3 is 1.96 bits per heavy atom. The lowest BCUT2D eigenvalue weighted by Crippen LogP contribution is -2.25. The quantitative estimate of drug-likeness (QED) is 0.500. The van der Waals surface area contributed by atoms with Crippen molar-refractivity contribution in [3.63, 3.8) is 0 Å². The highest BCUT2D eigenvalue weighted by molar-refractivity contribution is 5.21. The molecular weight excluding hydrogens is 307 g/mol. The van der Waals surface area contributed by atoms with Gasteiger partial charge >= 0.3 is 0 Å². The molecule has 0 bridgehead atoms. The van der Waals surface area contributed by atoms with Gasteiger partial charge in [0.25, 0.3) is 0 Å². The van der Waals surface area contributed by atoms with Gasteiger partial charge < -0.3 is 0 Å². The SMILES string of the molecule is CC(C)=C/C=C/C1CCC(C2CCC(c3ccc(F)cc3)CC2)CC1. The Hall–Kier alpha value is -1.37. The van der Waals surface area contributed by atoms with Crippen LogP contribution in [0.5, 0.6) is 0 Å². The van der Waals surface area contributed by atoms with Crippen LogP contribution >= 0.6 is 0 Å². The number of halogens is 1. The first kappa shape index (κ1) is 18.4. The number of hydrogen-bond acceptors (Lipinski definition) is 0. The normalized spacial score (nSPS) is 30.4. The van der Waals surface area contributed by atoms with Gasteiger partial charge in [-0.2, -0.15) is 0 Å². The molecule has 0 saturated heterocycles. The average Bonchev–Trinajstić information content (AvgIpc) is 2.63. The molecule has 3 rings (SSSR count). The molecule has 2 aliphatic rings. The minimum absolute atomic E-state index is 0.118. The lowest BCUT2D eigenvalue weighted by molar-refractivity contribution is 0.171. The zero-order valence-corrected chi connectivity index (χ0v) is 15.9. The first-order valence-corrected chi connectivity index (χ1v) is 10.2. The summed E-state index contributed by atoms with van der Waals surface area (Å²) in [7, 11) is 0. The third kappa shape index (κ3) is 5.30. The van der Waals surface area contributed by atoms with Crippen LogP contribution in [0.25, 0.3) is 0 Å². The topological polar surface area (TPSA) is 0 Å². The molecule has 1 aromatic carbocycles. The highest BCUT2D eigenvalue weighted by atomic mass is 19.1. The van der Waals surface area contributed by atoms with Crippen LogP contribution < -0.4 is 0 Å². The molecule has 0 aliphatic heterocycles. The molecule has 136 valence electrons. The van der Waals surface area contributed by atoms with Gasteiger partial charge in [0.1, 0.15) is 5.82 Å². The molecule has 0 nitrogen and oxygen atoms in total. The second-order valence-electron chi connectivity index (χ2n) is 8.47. The van der Waals surface area contributed by atoms with Crippen LogP contribution in [-0.2, 0) is 0 Å². The zero-order chi connectivity index (χ0) is 17.6. The molecule has 2 fully saturated rings. The molecule has 25 heavy (non-hydrogen) atoms. The summed E-state index contributed by atoms with van der Waals surface area (Å²) in [6.07, 6.45) is 17.8. The van der Waals surface area contributed by atoms with Crippen molar-refractivity contribution in [3.05, 3.63) is 59.4 Å². The number of rotatable bonds is 4. The summed E-state index contributed by atoms with van der Waals surface area (Å²) in [5, 5.41) is 0. The minimum atomic E-state index is -0.118. The zero-order valence-electron chi connectivity index (χ0n) is 15.9. The summed E-state index contributed by atoms with van der Waals surface area (Å²) in [4.78, 5) is 0. The third-order valence-corrected chi connectivity index (χ3v) is 6.41. The summed E-state index contributed by atoms with van der Waals surface area (Å²) in [5.41, 5.74) is 2.72. The smallest absolute Gasteiger partial charge is 0.123 e. The largest absolute Gasteiger partial charge is 0.207 e. The van der Waals surface area contributed by atoms with Gasteiger partial charge in [-0.25, -0.2) is 4.39 Å². The molecule has 0 aromatic heterocycles. The highest BCUT2D eigenvalue weighted by Gasteiger charge is 2.30. The summed E-state index contributed by atoms with van der Waals surface area (Å²) >= 11 is 0. The second kappa shape index (κ2) is 8.83. The summed E-state index contributed by atoms with van der Waals surface area (Å²) in [5.74, 6) is 3.21. The maximum atomic E-state index is 13.1. The first-order chi connectivity index (χ1) is 12.1. The van der Waals surface area contributed by atoms with Crippen molar-refractivity contribution in [2.24, 2.45) is 17.8 Å². The Labute approximate surface area is 153 Å². The van der Waals surface area contributed by atoms with Gasteiger partial charge in [-0.3, -0.25) is 0 Å². The maximum Gasteiger partial charge on any atom is 0.123 e. The molecule has 1 heteroatoms. The standard InChI is InChI=1S/C24H33F/c1-18(2)4-3-5-19-6-8-20(9-7-19)21-10-12-22(13-11-21)23-14-16-24(25)17-15-23/h3-5,14-17,19-22H,6-13H2,1-2H3/b5-3+. The molecule has 0 N–H and O–H groups in total. The fraction of sp³-hybridized carbons (Fsp3) is 0.583. The van der Waals surface area contributed by atoms with Crippen molar-refractivity contribution >= 4 is 0 Å². The Bertz CT molecular complexity index is 575. The Morgan fingerprint density at radius 1 is 0.840 bits per heavy atom. The second-order valence-corrected chi connectivity index (χ2v) is 8.47. The van der Waals surface area contributed by atoms with Crippen LogP contribution in [0.4, 0.5) is 4.39 Å². The van der Waals surface area contributed by atoms with Gasteiger partial charge in [-0.05, 0) is 107 Å². The molecule has 2 aliphatic carbocycles. The Kier molecular flexibility index (Phi) is 6.51. The Morgan fingerprint density at radius 2 is 1.40 bits per heavy atom. The van der Waals surface area contributed by atoms with E-state index in [1.807, 2.05) is 12.1 Å². The van der Waals surface area contributed by atoms with E-state index in [1.165, 1.54) is 62.5 Å². The van der Waals surface area contributed by atoms with Crippen molar-refractivity contribution in [2.75, 3.05) is 0 Å². The van der Waals surface area contributed by atoms with Crippen molar-refractivity contribution in [1.82, 2.24) is 0 Å². The fourth-order valence-corrected chi connectivity index (χ4v) is 4.87. The highest BCUT2D eigenvalue weighted by Crippen LogP contribution is 2.44. The van der Waals surface area contributed by atoms with Crippen molar-refractivity contribution in [3.8, 4) is 0 Å². The van der Waals surface area contributed by atoms with Gasteiger partial charge in [-0.15, -0.1) is 0 Å². The van der Waals surface area contributed by atoms with E-state index >= 15 is 0 Å². The van der Waals surface area contributed by atoms with Gasteiger partial charge in [0.2, 0.25) is 0 Å². The van der Waals surface area contributed by atoms with Crippen LogP contribution in [0.1, 0.15) is 76.7 Å². The predicted molar refractivity (Wildman–Crippen MR) is 105 cm³/mol. The van der Waals surface area contributed by atoms with Crippen molar-refractivity contribution < 1.29 is 4.39 Å². The van der Waals surface area contributed by atoms with E-state index in [0.29, 0.717) is 5.92 Å². The van der Waals surface area contributed by atoms with Gasteiger partial charge in [-0.1, -0.05) is 35.9 Å². The number of benzene rings is 1. The van der Waals surface area contributed by atoms with E-state index in [4.69, 9.17) is 0 Å². The van der Waals surface area contributed by atoms with E-state index in [2.05, 4.69) is 32.1 Å². The summed E-state index contributed by atoms with van der Waals surface area (Å²) < 4.78 is 13.1. The van der Waals surface area contributed by atoms with E-state index in [-0.39, 0.29) is 5.82 Å². The molecular formula is C24H33F. The first-order valence-electron chi connectivity index (χ1n) is 10.2. The number of allylic oxidation sites excluding steroid dienone is 4. The van der Waals surface area contributed by atoms with E-state index in [9.17, 15) is 4.39 Å². The van der Waals surface area contributed by atoms with Gasteiger partial charge in [0.15, 0.2) is 0 Å². The van der Waals surface area contributed by atoms with Crippen molar-refractivity contribution in [2.45, 2.75) is 71.1 Å². The molecule has 0 radical (unpaired) electrons. The van der Waals surface area contributed by atoms with Crippen molar-refractivity contribution in [1.29, 1.82) is 0 Å². The minimum Gasteiger partial charge on any atom is -0.207 e. The van der Waals surface area contributed by atoms with E-state index in [1.54, 1.807) is 12.1 Å². The number of hydrogen-bond donors (Lipinski definition) is 0. The van der Waals surface area contributed by atoms with Gasteiger partial charge in [0.05, 0.1) is 0 Å². The van der Waals surface area contributed by atoms with Crippen LogP contribution in [0.15, 0.2) is 48.1 Å². The fourth-order valence-electron chi connectivity index (χ4n) is 4.87. The van der Waals surface area contributed by atoms with Crippen LogP contribution in [0.2, 0.25) is 0 Å². The van der Waals surface area contributed by atoms with E-state index < -0.39 is 0 Å². The lowest BCUT2D eigenvalue weighted by Gasteiger charge is -2.37. The summed E-state index contributed by atoms with van der Waals surface area (Å²) in [6, 6.07) is 7.21. The summed E-state index contributed by atoms with van der Waals surface area (Å²) in [6.45, 7) is 4.31. The van der Waals surface area contributed by atoms with E-state index in [0.717, 1.165) is 17.8 Å². The molecule has 0 amide bonds. The third-order valence-electron chi connectivity index (χ3n) is 6.41. The monoisotopic (exact) mass is 340 g/mol. The lowest BCUT2D eigenvalue weighted by atomic mass is 9.68. The molecule has 1 aromatic rings. The van der Waals surface area contributed by atoms with Gasteiger partial charge in [0, 0.05) is 0 Å². The van der Waals surface area contributed by atoms with Crippen LogP contribution in [0.3, 0.4) is 0 Å². The maximum absolute atomic E-state index is 13.1. The van der Waals surface area contributed by atoms with Crippen LogP contribution in [0, 0.1) is 23.6 Å². The Balaban J connectivity index is 1.44. The molecule has 2 saturated carbocycles. The van der Waals surface area contributed by atoms with Crippen LogP contribution in [-0.4, -0.2) is 0 Å². The molecule has 0 spiro atoms. The predicted octanol–water partition coefficient (Wildman–Crippen LogP) is 7.43. The molecule has 0 heterocycles.